The van der Waals surface area contributed by atoms with E-state index in [0.717, 1.165) is 0 Å². The van der Waals surface area contributed by atoms with Crippen LogP contribution in [0.3, 0.4) is 0 Å². The van der Waals surface area contributed by atoms with E-state index in [4.69, 9.17) is 16.7 Å². The van der Waals surface area contributed by atoms with E-state index in [1.54, 1.807) is 30.3 Å². The molecule has 1 amide bonds. The molecule has 0 aliphatic rings. The quantitative estimate of drug-likeness (QED) is 0.494. The van der Waals surface area contributed by atoms with Gasteiger partial charge in [-0.15, -0.1) is 0 Å². The molecule has 0 saturated heterocycles. The third-order valence-corrected chi connectivity index (χ3v) is 3.98. The number of anilines is 1. The van der Waals surface area contributed by atoms with Gasteiger partial charge in [-0.25, -0.2) is 4.39 Å². The van der Waals surface area contributed by atoms with Gasteiger partial charge in [-0.3, -0.25) is 9.59 Å². The van der Waals surface area contributed by atoms with Gasteiger partial charge in [-0.2, -0.15) is 13.2 Å². The van der Waals surface area contributed by atoms with E-state index in [1.807, 2.05) is 6.07 Å². The number of aryl methyl sites for hydroxylation is 1. The monoisotopic (exact) mass is 445 g/mol. The Morgan fingerprint density at radius 2 is 1.70 bits per heavy atom. The summed E-state index contributed by atoms with van der Waals surface area (Å²) in [5.41, 5.74) is 1.34. The Bertz CT molecular complexity index is 870. The Hall–Kier alpha value is -2.87. The van der Waals surface area contributed by atoms with Crippen molar-refractivity contribution in [2.24, 2.45) is 0 Å². The van der Waals surface area contributed by atoms with Gasteiger partial charge in [0.15, 0.2) is 0 Å². The maximum atomic E-state index is 12.2. The Balaban J connectivity index is 0.000000414. The fourth-order valence-corrected chi connectivity index (χ4v) is 2.33. The van der Waals surface area contributed by atoms with Crippen LogP contribution in [0, 0.1) is 0 Å². The zero-order valence-electron chi connectivity index (χ0n) is 15.8. The molecule has 0 saturated carbocycles. The number of carbonyl (C=O) groups is 2. The summed E-state index contributed by atoms with van der Waals surface area (Å²) >= 11 is 5.84. The maximum absolute atomic E-state index is 12.2. The summed E-state index contributed by atoms with van der Waals surface area (Å²) in [5.74, 6) is -2.15. The highest BCUT2D eigenvalue weighted by Crippen LogP contribution is 2.25. The summed E-state index contributed by atoms with van der Waals surface area (Å²) in [6.07, 6.45) is -6.17. The highest BCUT2D eigenvalue weighted by atomic mass is 35.5. The number of hydrogen-bond donors (Lipinski definition) is 2. The molecular formula is C21H20ClF4NO3. The SMILES string of the molecule is C=C(F)c1ccccc1.O=C(O)CCc1ccc(Cl)c(NC(=O)CCC(F)(F)F)c1. The van der Waals surface area contributed by atoms with Crippen LogP contribution in [0.15, 0.2) is 55.1 Å². The summed E-state index contributed by atoms with van der Waals surface area (Å²) in [7, 11) is 0. The Labute approximate surface area is 176 Å². The predicted molar refractivity (Wildman–Crippen MR) is 108 cm³/mol. The van der Waals surface area contributed by atoms with Gasteiger partial charge in [0.1, 0.15) is 5.83 Å². The molecule has 30 heavy (non-hydrogen) atoms. The number of halogens is 5. The molecule has 2 rings (SSSR count). The Morgan fingerprint density at radius 3 is 2.20 bits per heavy atom. The van der Waals surface area contributed by atoms with E-state index in [-0.39, 0.29) is 29.4 Å². The van der Waals surface area contributed by atoms with Gasteiger partial charge >= 0.3 is 12.1 Å². The molecule has 0 aromatic heterocycles. The number of alkyl halides is 3. The van der Waals surface area contributed by atoms with Gasteiger partial charge in [0.2, 0.25) is 5.91 Å². The van der Waals surface area contributed by atoms with Gasteiger partial charge in [-0.05, 0) is 24.1 Å². The lowest BCUT2D eigenvalue weighted by molar-refractivity contribution is -0.142. The number of rotatable bonds is 7. The second-order valence-corrected chi connectivity index (χ2v) is 6.55. The minimum absolute atomic E-state index is 0.0942. The molecule has 0 aliphatic heterocycles. The van der Waals surface area contributed by atoms with Crippen molar-refractivity contribution in [3.05, 3.63) is 71.3 Å². The van der Waals surface area contributed by atoms with Gasteiger partial charge in [-0.1, -0.05) is 54.6 Å². The van der Waals surface area contributed by atoms with Crippen molar-refractivity contribution in [3.63, 3.8) is 0 Å². The molecule has 0 spiro atoms. The molecule has 0 heterocycles. The van der Waals surface area contributed by atoms with Crippen LogP contribution in [0.2, 0.25) is 5.02 Å². The molecule has 0 unspecified atom stereocenters. The molecule has 0 aliphatic carbocycles. The maximum Gasteiger partial charge on any atom is 0.389 e. The van der Waals surface area contributed by atoms with Crippen LogP contribution < -0.4 is 5.32 Å². The minimum Gasteiger partial charge on any atom is -0.481 e. The fourth-order valence-electron chi connectivity index (χ4n) is 2.16. The molecule has 9 heteroatoms. The third kappa shape index (κ3) is 10.6. The molecule has 2 N–H and O–H groups in total. The van der Waals surface area contributed by atoms with Gasteiger partial charge in [0, 0.05) is 18.4 Å². The van der Waals surface area contributed by atoms with Crippen molar-refractivity contribution in [2.45, 2.75) is 31.9 Å². The molecule has 0 atom stereocenters. The van der Waals surface area contributed by atoms with Gasteiger partial charge < -0.3 is 10.4 Å². The molecule has 0 fully saturated rings. The number of hydrogen-bond acceptors (Lipinski definition) is 2. The van der Waals surface area contributed by atoms with Crippen LogP contribution in [0.25, 0.3) is 5.83 Å². The summed E-state index contributed by atoms with van der Waals surface area (Å²) in [5, 5.41) is 11.1. The van der Waals surface area contributed by atoms with Crippen LogP contribution in [-0.4, -0.2) is 23.2 Å². The molecule has 2 aromatic rings. The first-order valence-corrected chi connectivity index (χ1v) is 9.12. The first kappa shape index (κ1) is 25.2. The summed E-state index contributed by atoms with van der Waals surface area (Å²) in [6, 6.07) is 13.3. The number of carboxylic acids is 1. The van der Waals surface area contributed by atoms with E-state index in [2.05, 4.69) is 11.9 Å². The van der Waals surface area contributed by atoms with Crippen LogP contribution in [0.4, 0.5) is 23.2 Å². The zero-order valence-corrected chi connectivity index (χ0v) is 16.6. The van der Waals surface area contributed by atoms with E-state index < -0.39 is 30.9 Å². The van der Waals surface area contributed by atoms with Gasteiger partial charge in [0.05, 0.1) is 17.1 Å². The van der Waals surface area contributed by atoms with Crippen LogP contribution in [0.1, 0.15) is 30.4 Å². The first-order chi connectivity index (χ1) is 14.0. The normalized spacial score (nSPS) is 10.6. The second kappa shape index (κ2) is 12.0. The smallest absolute Gasteiger partial charge is 0.389 e. The predicted octanol–water partition coefficient (Wildman–Crippen LogP) is 6.27. The molecule has 4 nitrogen and oxygen atoms in total. The standard InChI is InChI=1S/C13H13ClF3NO3.C8H7F/c14-9-3-1-8(2-4-12(20)21)7-10(9)18-11(19)5-6-13(15,16)17;1-7(9)8-5-3-2-4-6-8/h1,3,7H,2,4-6H2,(H,18,19)(H,20,21);2-6H,1H2. The summed E-state index contributed by atoms with van der Waals surface area (Å²) < 4.78 is 48.3. The largest absolute Gasteiger partial charge is 0.481 e. The second-order valence-electron chi connectivity index (χ2n) is 6.14. The number of carbonyl (C=O) groups excluding carboxylic acids is 1. The topological polar surface area (TPSA) is 66.4 Å². The average Bonchev–Trinajstić information content (AvgIpc) is 2.67. The number of benzene rings is 2. The molecule has 0 bridgehead atoms. The van der Waals surface area contributed by atoms with Crippen molar-refractivity contribution in [1.82, 2.24) is 0 Å². The van der Waals surface area contributed by atoms with Crippen LogP contribution >= 0.6 is 11.6 Å². The van der Waals surface area contributed by atoms with Crippen molar-refractivity contribution < 1.29 is 32.3 Å². The highest BCUT2D eigenvalue weighted by molar-refractivity contribution is 6.33. The molecule has 0 radical (unpaired) electrons. The fraction of sp³-hybridized carbons (Fsp3) is 0.238. The third-order valence-electron chi connectivity index (χ3n) is 3.65. The first-order valence-electron chi connectivity index (χ1n) is 8.74. The molecular weight excluding hydrogens is 426 g/mol. The highest BCUT2D eigenvalue weighted by Gasteiger charge is 2.28. The number of nitrogens with one attached hydrogen (secondary N) is 1. The van der Waals surface area contributed by atoms with Crippen molar-refractivity contribution >= 4 is 35.0 Å². The summed E-state index contributed by atoms with van der Waals surface area (Å²) in [6.45, 7) is 3.16. The van der Waals surface area contributed by atoms with E-state index in [1.165, 1.54) is 12.1 Å². The lowest BCUT2D eigenvalue weighted by Gasteiger charge is -2.10. The lowest BCUT2D eigenvalue weighted by atomic mass is 10.1. The van der Waals surface area contributed by atoms with Crippen LogP contribution in [-0.2, 0) is 16.0 Å². The Morgan fingerprint density at radius 1 is 1.07 bits per heavy atom. The number of aliphatic carboxylic acids is 1. The minimum atomic E-state index is -4.40. The summed E-state index contributed by atoms with van der Waals surface area (Å²) in [4.78, 5) is 21.9. The van der Waals surface area contributed by atoms with Crippen molar-refractivity contribution in [3.8, 4) is 0 Å². The van der Waals surface area contributed by atoms with Crippen LogP contribution in [0.5, 0.6) is 0 Å². The number of amides is 1. The van der Waals surface area contributed by atoms with E-state index in [0.29, 0.717) is 11.1 Å². The Kier molecular flexibility index (Phi) is 10.0. The zero-order chi connectivity index (χ0) is 22.7. The van der Waals surface area contributed by atoms with E-state index in [9.17, 15) is 27.2 Å². The van der Waals surface area contributed by atoms with Gasteiger partial charge in [0.25, 0.3) is 0 Å². The lowest BCUT2D eigenvalue weighted by Crippen LogP contribution is -2.16. The molecule has 162 valence electrons. The average molecular weight is 446 g/mol. The molecule has 2 aromatic carbocycles. The van der Waals surface area contributed by atoms with Crippen molar-refractivity contribution in [1.29, 1.82) is 0 Å². The number of carboxylic acid groups (broad SMARTS) is 1. The van der Waals surface area contributed by atoms with Crippen molar-refractivity contribution in [2.75, 3.05) is 5.32 Å². The van der Waals surface area contributed by atoms with E-state index >= 15 is 0 Å².